The van der Waals surface area contributed by atoms with Crippen LogP contribution in [0.2, 0.25) is 0 Å². The van der Waals surface area contributed by atoms with E-state index in [0.29, 0.717) is 0 Å². The third-order valence-electron chi connectivity index (χ3n) is 2.95. The number of nitrogens with zero attached hydrogens (tertiary/aromatic N) is 3. The van der Waals surface area contributed by atoms with Gasteiger partial charge in [-0.3, -0.25) is 4.79 Å². The van der Waals surface area contributed by atoms with Gasteiger partial charge in [-0.05, 0) is 12.5 Å². The van der Waals surface area contributed by atoms with Crippen molar-refractivity contribution < 1.29 is 9.90 Å². The first kappa shape index (κ1) is 12.5. The lowest BCUT2D eigenvalue weighted by Gasteiger charge is -2.07. The Morgan fingerprint density at radius 1 is 1.44 bits per heavy atom. The molecule has 0 bridgehead atoms. The molecule has 0 aliphatic carbocycles. The molecule has 0 amide bonds. The summed E-state index contributed by atoms with van der Waals surface area (Å²) in [4.78, 5) is 19.8. The summed E-state index contributed by atoms with van der Waals surface area (Å²) in [5.41, 5.74) is 2.43. The van der Waals surface area contributed by atoms with Crippen molar-refractivity contribution in [1.82, 2.24) is 14.5 Å². The molecule has 96 valence electrons. The SMILES string of the molecule is Cc1nc(C(C)C)nc2c1c(CC(=O)O)cn2C. The minimum atomic E-state index is -0.838. The summed E-state index contributed by atoms with van der Waals surface area (Å²) in [6.07, 6.45) is 1.83. The Labute approximate surface area is 105 Å². The zero-order valence-corrected chi connectivity index (χ0v) is 11.1. The molecule has 0 saturated carbocycles. The van der Waals surface area contributed by atoms with E-state index in [0.717, 1.165) is 28.1 Å². The molecule has 0 spiro atoms. The van der Waals surface area contributed by atoms with Crippen LogP contribution < -0.4 is 0 Å². The molecule has 0 fully saturated rings. The topological polar surface area (TPSA) is 68.0 Å². The highest BCUT2D eigenvalue weighted by atomic mass is 16.4. The van der Waals surface area contributed by atoms with Crippen LogP contribution in [0.3, 0.4) is 0 Å². The lowest BCUT2D eigenvalue weighted by Crippen LogP contribution is -2.03. The average Bonchev–Trinajstić information content (AvgIpc) is 2.55. The van der Waals surface area contributed by atoms with Crippen molar-refractivity contribution in [2.75, 3.05) is 0 Å². The number of hydrogen-bond acceptors (Lipinski definition) is 3. The van der Waals surface area contributed by atoms with Gasteiger partial charge in [0.25, 0.3) is 0 Å². The first-order valence-electron chi connectivity index (χ1n) is 5.94. The van der Waals surface area contributed by atoms with Gasteiger partial charge in [0.1, 0.15) is 11.5 Å². The molecule has 0 aliphatic rings. The zero-order chi connectivity index (χ0) is 13.4. The molecule has 0 unspecified atom stereocenters. The fourth-order valence-electron chi connectivity index (χ4n) is 2.12. The van der Waals surface area contributed by atoms with Gasteiger partial charge in [0, 0.05) is 24.5 Å². The Morgan fingerprint density at radius 3 is 2.67 bits per heavy atom. The van der Waals surface area contributed by atoms with E-state index in [4.69, 9.17) is 5.11 Å². The summed E-state index contributed by atoms with van der Waals surface area (Å²) in [6.45, 7) is 5.99. The number of fused-ring (bicyclic) bond motifs is 1. The summed E-state index contributed by atoms with van der Waals surface area (Å²) >= 11 is 0. The van der Waals surface area contributed by atoms with Gasteiger partial charge in [-0.1, -0.05) is 13.8 Å². The van der Waals surface area contributed by atoms with Gasteiger partial charge in [0.15, 0.2) is 0 Å². The van der Waals surface area contributed by atoms with Gasteiger partial charge in [-0.2, -0.15) is 0 Å². The number of carbonyl (C=O) groups is 1. The maximum absolute atomic E-state index is 10.9. The van der Waals surface area contributed by atoms with Gasteiger partial charge in [0.2, 0.25) is 0 Å². The quantitative estimate of drug-likeness (QED) is 0.901. The van der Waals surface area contributed by atoms with E-state index < -0.39 is 5.97 Å². The van der Waals surface area contributed by atoms with Crippen LogP contribution in [-0.2, 0) is 18.3 Å². The van der Waals surface area contributed by atoms with Gasteiger partial charge < -0.3 is 9.67 Å². The maximum Gasteiger partial charge on any atom is 0.307 e. The summed E-state index contributed by atoms with van der Waals surface area (Å²) < 4.78 is 1.87. The van der Waals surface area contributed by atoms with Gasteiger partial charge in [0.05, 0.1) is 12.1 Å². The van der Waals surface area contributed by atoms with Crippen LogP contribution in [0.5, 0.6) is 0 Å². The van der Waals surface area contributed by atoms with Crippen molar-refractivity contribution in [2.24, 2.45) is 7.05 Å². The molecule has 2 rings (SSSR count). The van der Waals surface area contributed by atoms with E-state index in [1.54, 1.807) is 0 Å². The Hall–Kier alpha value is -1.91. The molecule has 0 aromatic carbocycles. The van der Waals surface area contributed by atoms with E-state index in [1.807, 2.05) is 38.6 Å². The Kier molecular flexibility index (Phi) is 3.07. The molecule has 2 heterocycles. The van der Waals surface area contributed by atoms with Crippen LogP contribution in [0, 0.1) is 6.92 Å². The predicted octanol–water partition coefficient (Wildman–Crippen LogP) is 2.03. The van der Waals surface area contributed by atoms with Crippen molar-refractivity contribution in [1.29, 1.82) is 0 Å². The Bertz CT molecular complexity index is 614. The standard InChI is InChI=1S/C13H17N3O2/c1-7(2)12-14-8(3)11-9(5-10(17)18)6-16(4)13(11)15-12/h6-7H,5H2,1-4H3,(H,17,18). The van der Waals surface area contributed by atoms with Crippen molar-refractivity contribution in [2.45, 2.75) is 33.1 Å². The van der Waals surface area contributed by atoms with Gasteiger partial charge in [-0.25, -0.2) is 9.97 Å². The molecule has 18 heavy (non-hydrogen) atoms. The third kappa shape index (κ3) is 2.08. The highest BCUT2D eigenvalue weighted by Crippen LogP contribution is 2.24. The van der Waals surface area contributed by atoms with E-state index in [9.17, 15) is 4.79 Å². The van der Waals surface area contributed by atoms with Crippen LogP contribution in [0.4, 0.5) is 0 Å². The van der Waals surface area contributed by atoms with Crippen LogP contribution >= 0.6 is 0 Å². The number of carboxylic acids is 1. The number of carboxylic acid groups (broad SMARTS) is 1. The molecular formula is C13H17N3O2. The van der Waals surface area contributed by atoms with Crippen molar-refractivity contribution >= 4 is 17.0 Å². The molecule has 0 saturated heterocycles. The van der Waals surface area contributed by atoms with Crippen LogP contribution in [0.1, 0.15) is 36.8 Å². The minimum Gasteiger partial charge on any atom is -0.481 e. The van der Waals surface area contributed by atoms with Crippen LogP contribution in [0.25, 0.3) is 11.0 Å². The molecule has 0 aliphatic heterocycles. The number of aromatic nitrogens is 3. The van der Waals surface area contributed by atoms with E-state index in [-0.39, 0.29) is 12.3 Å². The number of aliphatic carboxylic acids is 1. The lowest BCUT2D eigenvalue weighted by molar-refractivity contribution is -0.136. The van der Waals surface area contributed by atoms with Crippen molar-refractivity contribution in [3.05, 3.63) is 23.3 Å². The second-order valence-corrected chi connectivity index (χ2v) is 4.86. The maximum atomic E-state index is 10.9. The predicted molar refractivity (Wildman–Crippen MR) is 68.7 cm³/mol. The molecule has 2 aromatic rings. The number of aryl methyl sites for hydroxylation is 2. The van der Waals surface area contributed by atoms with Crippen LogP contribution in [-0.4, -0.2) is 25.6 Å². The summed E-state index contributed by atoms with van der Waals surface area (Å²) in [5.74, 6) is 0.212. The van der Waals surface area contributed by atoms with Gasteiger partial charge >= 0.3 is 5.97 Å². The fraction of sp³-hybridized carbons (Fsp3) is 0.462. The summed E-state index contributed by atoms with van der Waals surface area (Å²) in [6, 6.07) is 0. The fourth-order valence-corrected chi connectivity index (χ4v) is 2.12. The summed E-state index contributed by atoms with van der Waals surface area (Å²) in [7, 11) is 1.88. The molecule has 5 heteroatoms. The first-order valence-corrected chi connectivity index (χ1v) is 5.94. The summed E-state index contributed by atoms with van der Waals surface area (Å²) in [5, 5.41) is 9.78. The average molecular weight is 247 g/mol. The monoisotopic (exact) mass is 247 g/mol. The van der Waals surface area contributed by atoms with E-state index in [1.165, 1.54) is 0 Å². The van der Waals surface area contributed by atoms with Crippen molar-refractivity contribution in [3.63, 3.8) is 0 Å². The van der Waals surface area contributed by atoms with E-state index >= 15 is 0 Å². The highest BCUT2D eigenvalue weighted by molar-refractivity contribution is 5.86. The van der Waals surface area contributed by atoms with Gasteiger partial charge in [-0.15, -0.1) is 0 Å². The molecule has 1 N–H and O–H groups in total. The second kappa shape index (κ2) is 4.40. The number of hydrogen-bond donors (Lipinski definition) is 1. The normalized spacial score (nSPS) is 11.4. The molecule has 0 radical (unpaired) electrons. The molecule has 0 atom stereocenters. The largest absolute Gasteiger partial charge is 0.481 e. The smallest absolute Gasteiger partial charge is 0.307 e. The minimum absolute atomic E-state index is 0.00254. The Morgan fingerprint density at radius 2 is 2.11 bits per heavy atom. The van der Waals surface area contributed by atoms with Crippen LogP contribution in [0.15, 0.2) is 6.20 Å². The Balaban J connectivity index is 2.68. The molecule has 5 nitrogen and oxygen atoms in total. The highest BCUT2D eigenvalue weighted by Gasteiger charge is 2.16. The molecular weight excluding hydrogens is 230 g/mol. The lowest BCUT2D eigenvalue weighted by atomic mass is 10.1. The zero-order valence-electron chi connectivity index (χ0n) is 11.1. The third-order valence-corrected chi connectivity index (χ3v) is 2.95. The first-order chi connectivity index (χ1) is 8.40. The molecule has 2 aromatic heterocycles. The number of rotatable bonds is 3. The van der Waals surface area contributed by atoms with E-state index in [2.05, 4.69) is 9.97 Å². The second-order valence-electron chi connectivity index (χ2n) is 4.86. The van der Waals surface area contributed by atoms with Crippen molar-refractivity contribution in [3.8, 4) is 0 Å².